The molecule has 0 heterocycles. The quantitative estimate of drug-likeness (QED) is 0.0346. The number of allylic oxidation sites excluding steroid dienone is 2. The van der Waals surface area contributed by atoms with Crippen molar-refractivity contribution in [3.05, 3.63) is 24.3 Å². The fourth-order valence-corrected chi connectivity index (χ4v) is 9.07. The summed E-state index contributed by atoms with van der Waals surface area (Å²) >= 11 is 0. The molecule has 0 radical (unpaired) electrons. The van der Waals surface area contributed by atoms with Gasteiger partial charge >= 0.3 is 11.9 Å². The van der Waals surface area contributed by atoms with Crippen molar-refractivity contribution in [3.8, 4) is 0 Å². The van der Waals surface area contributed by atoms with Crippen molar-refractivity contribution >= 4 is 11.9 Å². The smallest absolute Gasteiger partial charge is 0.306 e. The molecule has 62 heavy (non-hydrogen) atoms. The monoisotopic (exact) mass is 872 g/mol. The van der Waals surface area contributed by atoms with Crippen LogP contribution in [0, 0.1) is 17.8 Å². The van der Waals surface area contributed by atoms with Crippen LogP contribution in [0.15, 0.2) is 24.3 Å². The normalized spacial score (nSPS) is 12.5. The number of hydrogen-bond acceptors (Lipinski definition) is 5. The summed E-state index contributed by atoms with van der Waals surface area (Å²) in [7, 11) is 4.37. The standard InChI is InChI=1S/C57H109NO4/c1-7-11-27-41-54(42-28-12-8-2)47-35-38-52-62-57(60)49-33-24-20-16-18-22-30-44-55(45-31-25-26-36-50-58(5)6)43-29-21-17-15-19-23-32-48-56(59)61-51-37-34-46-53(39-13-9-3)40-14-10-4/h34-35,37-38,53-55H,7-33,36,39-52H2,1-6H3/b37-34-,38-35-. The van der Waals surface area contributed by atoms with Crippen LogP contribution in [0.5, 0.6) is 0 Å². The van der Waals surface area contributed by atoms with E-state index in [0.717, 1.165) is 56.3 Å². The second-order valence-corrected chi connectivity index (χ2v) is 19.7. The summed E-state index contributed by atoms with van der Waals surface area (Å²) in [6.07, 6.45) is 57.6. The molecule has 0 aliphatic heterocycles. The molecule has 0 rings (SSSR count). The SMILES string of the molecule is CCCCCC(C/C=C\COC(=O)CCCCCCCCCC(CCCCCCCCCC(=O)OC/C=C\CC(CCCC)CCCC)CCCCCCN(C)C)CCCCC. The van der Waals surface area contributed by atoms with E-state index >= 15 is 0 Å². The van der Waals surface area contributed by atoms with E-state index in [1.807, 2.05) is 0 Å². The zero-order valence-corrected chi connectivity index (χ0v) is 42.8. The van der Waals surface area contributed by atoms with E-state index in [1.54, 1.807) is 0 Å². The third-order valence-corrected chi connectivity index (χ3v) is 13.3. The van der Waals surface area contributed by atoms with Crippen LogP contribution in [0.2, 0.25) is 0 Å². The summed E-state index contributed by atoms with van der Waals surface area (Å²) in [6, 6.07) is 0. The molecule has 5 heteroatoms. The lowest BCUT2D eigenvalue weighted by atomic mass is 9.89. The molecule has 0 aliphatic rings. The van der Waals surface area contributed by atoms with Gasteiger partial charge in [0.25, 0.3) is 0 Å². The molecule has 0 amide bonds. The van der Waals surface area contributed by atoms with Gasteiger partial charge in [0, 0.05) is 12.8 Å². The van der Waals surface area contributed by atoms with Gasteiger partial charge in [0.2, 0.25) is 0 Å². The van der Waals surface area contributed by atoms with Crippen LogP contribution in [0.4, 0.5) is 0 Å². The zero-order valence-electron chi connectivity index (χ0n) is 42.8. The molecule has 0 spiro atoms. The van der Waals surface area contributed by atoms with Gasteiger partial charge in [0.1, 0.15) is 13.2 Å². The van der Waals surface area contributed by atoms with Gasteiger partial charge in [0.05, 0.1) is 0 Å². The van der Waals surface area contributed by atoms with E-state index < -0.39 is 0 Å². The molecular weight excluding hydrogens is 763 g/mol. The summed E-state index contributed by atoms with van der Waals surface area (Å²) in [4.78, 5) is 26.8. The number of rotatable bonds is 49. The minimum Gasteiger partial charge on any atom is -0.461 e. The van der Waals surface area contributed by atoms with Gasteiger partial charge in [-0.05, 0) is 70.5 Å². The molecule has 0 aliphatic carbocycles. The van der Waals surface area contributed by atoms with Gasteiger partial charge in [-0.25, -0.2) is 0 Å². The van der Waals surface area contributed by atoms with Crippen molar-refractivity contribution in [2.75, 3.05) is 33.9 Å². The Bertz CT molecular complexity index is 973. The predicted octanol–water partition coefficient (Wildman–Crippen LogP) is 17.9. The largest absolute Gasteiger partial charge is 0.461 e. The highest BCUT2D eigenvalue weighted by atomic mass is 16.5. The Kier molecular flexibility index (Phi) is 47.6. The van der Waals surface area contributed by atoms with Crippen LogP contribution in [-0.2, 0) is 19.1 Å². The van der Waals surface area contributed by atoms with Crippen molar-refractivity contribution in [2.24, 2.45) is 17.8 Å². The highest BCUT2D eigenvalue weighted by Gasteiger charge is 2.11. The van der Waals surface area contributed by atoms with Crippen LogP contribution in [0.25, 0.3) is 0 Å². The highest BCUT2D eigenvalue weighted by Crippen LogP contribution is 2.26. The molecule has 0 N–H and O–H groups in total. The van der Waals surface area contributed by atoms with E-state index in [4.69, 9.17) is 9.47 Å². The fraction of sp³-hybridized carbons (Fsp3) is 0.895. The summed E-state index contributed by atoms with van der Waals surface area (Å²) in [5, 5.41) is 0. The number of ether oxygens (including phenoxy) is 2. The number of hydrogen-bond donors (Lipinski definition) is 0. The lowest BCUT2D eigenvalue weighted by molar-refractivity contribution is -0.143. The Morgan fingerprint density at radius 3 is 1.05 bits per heavy atom. The molecule has 0 aromatic carbocycles. The Labute approximate surface area is 388 Å². The molecule has 0 saturated carbocycles. The highest BCUT2D eigenvalue weighted by molar-refractivity contribution is 5.69. The fourth-order valence-electron chi connectivity index (χ4n) is 9.07. The van der Waals surface area contributed by atoms with E-state index in [0.29, 0.717) is 26.1 Å². The molecule has 1 unspecified atom stereocenters. The van der Waals surface area contributed by atoms with E-state index in [1.165, 1.54) is 206 Å². The Hall–Kier alpha value is -1.62. The van der Waals surface area contributed by atoms with Crippen LogP contribution in [0.3, 0.4) is 0 Å². The second-order valence-electron chi connectivity index (χ2n) is 19.7. The van der Waals surface area contributed by atoms with Gasteiger partial charge in [-0.3, -0.25) is 9.59 Å². The molecule has 0 fully saturated rings. The Morgan fingerprint density at radius 2 is 0.677 bits per heavy atom. The number of carbonyl (C=O) groups excluding carboxylic acids is 2. The van der Waals surface area contributed by atoms with Crippen molar-refractivity contribution in [1.29, 1.82) is 0 Å². The van der Waals surface area contributed by atoms with E-state index in [9.17, 15) is 9.59 Å². The van der Waals surface area contributed by atoms with Crippen LogP contribution < -0.4 is 0 Å². The first-order chi connectivity index (χ1) is 30.4. The zero-order chi connectivity index (χ0) is 45.4. The Balaban J connectivity index is 4.14. The minimum absolute atomic E-state index is 0.0300. The maximum absolute atomic E-state index is 12.3. The average Bonchev–Trinajstić information content (AvgIpc) is 3.26. The number of carbonyl (C=O) groups is 2. The summed E-state index contributed by atoms with van der Waals surface area (Å²) in [5.41, 5.74) is 0. The number of nitrogens with zero attached hydrogens (tertiary/aromatic N) is 1. The third kappa shape index (κ3) is 45.0. The van der Waals surface area contributed by atoms with Crippen molar-refractivity contribution in [1.82, 2.24) is 4.90 Å². The molecule has 0 aromatic heterocycles. The predicted molar refractivity (Wildman–Crippen MR) is 272 cm³/mol. The van der Waals surface area contributed by atoms with Crippen molar-refractivity contribution in [3.63, 3.8) is 0 Å². The molecule has 0 aromatic rings. The van der Waals surface area contributed by atoms with Gasteiger partial charge in [-0.2, -0.15) is 0 Å². The lowest BCUT2D eigenvalue weighted by Gasteiger charge is -2.17. The second kappa shape index (κ2) is 48.8. The van der Waals surface area contributed by atoms with E-state index in [-0.39, 0.29) is 11.9 Å². The summed E-state index contributed by atoms with van der Waals surface area (Å²) in [6.45, 7) is 11.2. The molecule has 1 atom stereocenters. The molecule has 0 bridgehead atoms. The van der Waals surface area contributed by atoms with Crippen LogP contribution >= 0.6 is 0 Å². The van der Waals surface area contributed by atoms with E-state index in [2.05, 4.69) is 71.0 Å². The maximum Gasteiger partial charge on any atom is 0.306 e. The third-order valence-electron chi connectivity index (χ3n) is 13.3. The number of unbranched alkanes of at least 4 members (excludes halogenated alkanes) is 21. The van der Waals surface area contributed by atoms with Gasteiger partial charge in [-0.1, -0.05) is 257 Å². The van der Waals surface area contributed by atoms with Gasteiger partial charge in [0.15, 0.2) is 0 Å². The first kappa shape index (κ1) is 60.4. The molecule has 0 saturated heterocycles. The van der Waals surface area contributed by atoms with Crippen molar-refractivity contribution in [2.45, 2.75) is 278 Å². The topological polar surface area (TPSA) is 55.8 Å². The number of esters is 2. The maximum atomic E-state index is 12.3. The first-order valence-corrected chi connectivity index (χ1v) is 27.6. The van der Waals surface area contributed by atoms with Crippen molar-refractivity contribution < 1.29 is 19.1 Å². The lowest BCUT2D eigenvalue weighted by Crippen LogP contribution is -2.12. The van der Waals surface area contributed by atoms with Crippen LogP contribution in [0.1, 0.15) is 278 Å². The van der Waals surface area contributed by atoms with Gasteiger partial charge in [-0.15, -0.1) is 0 Å². The Morgan fingerprint density at radius 1 is 0.371 bits per heavy atom. The average molecular weight is 873 g/mol. The minimum atomic E-state index is -0.0333. The molecule has 366 valence electrons. The van der Waals surface area contributed by atoms with Gasteiger partial charge < -0.3 is 14.4 Å². The summed E-state index contributed by atoms with van der Waals surface area (Å²) in [5.74, 6) is 2.40. The molecule has 5 nitrogen and oxygen atoms in total. The first-order valence-electron chi connectivity index (χ1n) is 27.6. The van der Waals surface area contributed by atoms with Crippen LogP contribution in [-0.4, -0.2) is 50.7 Å². The molecular formula is C57H109NO4. The summed E-state index contributed by atoms with van der Waals surface area (Å²) < 4.78 is 11.0.